The molecule has 0 saturated heterocycles. The van der Waals surface area contributed by atoms with E-state index in [1.807, 2.05) is 0 Å². The van der Waals surface area contributed by atoms with Crippen molar-refractivity contribution in [2.75, 3.05) is 31.5 Å². The van der Waals surface area contributed by atoms with Gasteiger partial charge in [0.2, 0.25) is 0 Å². The first-order valence-electron chi connectivity index (χ1n) is 7.09. The highest BCUT2D eigenvalue weighted by molar-refractivity contribution is 5.94. The first kappa shape index (κ1) is 17.0. The van der Waals surface area contributed by atoms with Crippen LogP contribution in [0.25, 0.3) is 0 Å². The van der Waals surface area contributed by atoms with Crippen molar-refractivity contribution in [1.29, 1.82) is 0 Å². The highest BCUT2D eigenvalue weighted by Gasteiger charge is 2.09. The third kappa shape index (κ3) is 5.43. The summed E-state index contributed by atoms with van der Waals surface area (Å²) < 4.78 is 0. The van der Waals surface area contributed by atoms with Gasteiger partial charge < -0.3 is 20.6 Å². The van der Waals surface area contributed by atoms with E-state index < -0.39 is 5.97 Å². The van der Waals surface area contributed by atoms with E-state index in [1.165, 1.54) is 6.07 Å². The van der Waals surface area contributed by atoms with Crippen LogP contribution in [0.2, 0.25) is 0 Å². The summed E-state index contributed by atoms with van der Waals surface area (Å²) in [6.07, 6.45) is 0. The van der Waals surface area contributed by atoms with Crippen LogP contribution in [0.15, 0.2) is 18.2 Å². The Morgan fingerprint density at radius 1 is 1.24 bits per heavy atom. The van der Waals surface area contributed by atoms with Crippen molar-refractivity contribution in [2.24, 2.45) is 0 Å². The van der Waals surface area contributed by atoms with Crippen LogP contribution in [0.3, 0.4) is 0 Å². The van der Waals surface area contributed by atoms with Crippen molar-refractivity contribution in [3.63, 3.8) is 0 Å². The number of aryl methyl sites for hydroxylation is 1. The lowest BCUT2D eigenvalue weighted by Crippen LogP contribution is -2.36. The van der Waals surface area contributed by atoms with Crippen LogP contribution in [-0.2, 0) is 0 Å². The second-order valence-corrected chi connectivity index (χ2v) is 4.74. The van der Waals surface area contributed by atoms with Gasteiger partial charge in [0.15, 0.2) is 0 Å². The molecule has 0 heterocycles. The number of carbonyl (C=O) groups excluding carboxylic acids is 1. The van der Waals surface area contributed by atoms with Gasteiger partial charge in [-0.25, -0.2) is 9.59 Å². The molecule has 3 N–H and O–H groups in total. The molecule has 6 heteroatoms. The maximum Gasteiger partial charge on any atom is 0.336 e. The summed E-state index contributed by atoms with van der Waals surface area (Å²) in [5, 5.41) is 14.4. The van der Waals surface area contributed by atoms with Gasteiger partial charge in [0.1, 0.15) is 0 Å². The molecule has 0 aliphatic carbocycles. The van der Waals surface area contributed by atoms with Crippen molar-refractivity contribution in [3.8, 4) is 0 Å². The number of carboxylic acid groups (broad SMARTS) is 1. The Morgan fingerprint density at radius 3 is 2.48 bits per heavy atom. The number of aromatic carboxylic acids is 1. The predicted molar refractivity (Wildman–Crippen MR) is 82.9 cm³/mol. The molecular formula is C15H23N3O3. The van der Waals surface area contributed by atoms with Gasteiger partial charge in [-0.05, 0) is 37.7 Å². The largest absolute Gasteiger partial charge is 0.478 e. The Hall–Kier alpha value is -2.08. The van der Waals surface area contributed by atoms with Crippen LogP contribution in [0.1, 0.15) is 29.8 Å². The quantitative estimate of drug-likeness (QED) is 0.719. The topological polar surface area (TPSA) is 81.7 Å². The summed E-state index contributed by atoms with van der Waals surface area (Å²) >= 11 is 0. The summed E-state index contributed by atoms with van der Waals surface area (Å²) in [6.45, 7) is 9.09. The Kier molecular flexibility index (Phi) is 6.68. The molecule has 1 aromatic rings. The SMILES string of the molecule is CCN(CC)CCNC(=O)Nc1ccc(C)c(C(=O)O)c1. The standard InChI is InChI=1S/C15H23N3O3/c1-4-18(5-2)9-8-16-15(21)17-12-7-6-11(3)13(10-12)14(19)20/h6-7,10H,4-5,8-9H2,1-3H3,(H,19,20)(H2,16,17,21). The number of likely N-dealkylation sites (N-methyl/N-ethyl adjacent to an activating group) is 1. The van der Waals surface area contributed by atoms with E-state index in [-0.39, 0.29) is 11.6 Å². The zero-order chi connectivity index (χ0) is 15.8. The van der Waals surface area contributed by atoms with Gasteiger partial charge in [0.25, 0.3) is 0 Å². The highest BCUT2D eigenvalue weighted by atomic mass is 16.4. The minimum absolute atomic E-state index is 0.191. The van der Waals surface area contributed by atoms with Gasteiger partial charge in [-0.1, -0.05) is 19.9 Å². The van der Waals surface area contributed by atoms with Gasteiger partial charge in [-0.3, -0.25) is 0 Å². The van der Waals surface area contributed by atoms with E-state index >= 15 is 0 Å². The smallest absolute Gasteiger partial charge is 0.336 e. The number of hydrogen-bond acceptors (Lipinski definition) is 3. The normalized spacial score (nSPS) is 10.5. The Labute approximate surface area is 125 Å². The number of hydrogen-bond donors (Lipinski definition) is 3. The zero-order valence-electron chi connectivity index (χ0n) is 12.8. The summed E-state index contributed by atoms with van der Waals surface area (Å²) in [4.78, 5) is 25.0. The van der Waals surface area contributed by atoms with Crippen LogP contribution < -0.4 is 10.6 Å². The Balaban J connectivity index is 2.52. The molecule has 116 valence electrons. The molecule has 0 aliphatic heterocycles. The molecule has 1 rings (SSSR count). The number of amides is 2. The van der Waals surface area contributed by atoms with E-state index in [0.29, 0.717) is 17.8 Å². The number of urea groups is 1. The summed E-state index contributed by atoms with van der Waals surface area (Å²) in [6, 6.07) is 4.49. The van der Waals surface area contributed by atoms with E-state index in [1.54, 1.807) is 19.1 Å². The van der Waals surface area contributed by atoms with Crippen LogP contribution >= 0.6 is 0 Å². The molecule has 21 heavy (non-hydrogen) atoms. The molecule has 0 bridgehead atoms. The van der Waals surface area contributed by atoms with E-state index in [2.05, 4.69) is 29.4 Å². The molecule has 0 aromatic heterocycles. The average molecular weight is 293 g/mol. The lowest BCUT2D eigenvalue weighted by molar-refractivity contribution is 0.0696. The minimum atomic E-state index is -1.00. The van der Waals surface area contributed by atoms with Crippen molar-refractivity contribution in [1.82, 2.24) is 10.2 Å². The predicted octanol–water partition coefficient (Wildman–Crippen LogP) is 2.16. The van der Waals surface area contributed by atoms with Gasteiger partial charge in [0, 0.05) is 18.8 Å². The third-order valence-corrected chi connectivity index (χ3v) is 3.33. The third-order valence-electron chi connectivity index (χ3n) is 3.33. The number of carboxylic acids is 1. The molecule has 0 aliphatic rings. The highest BCUT2D eigenvalue weighted by Crippen LogP contribution is 2.15. The molecule has 0 atom stereocenters. The maximum atomic E-state index is 11.7. The molecule has 6 nitrogen and oxygen atoms in total. The molecule has 0 unspecified atom stereocenters. The first-order valence-corrected chi connectivity index (χ1v) is 7.09. The fourth-order valence-electron chi connectivity index (χ4n) is 1.97. The van der Waals surface area contributed by atoms with Crippen LogP contribution in [-0.4, -0.2) is 48.2 Å². The van der Waals surface area contributed by atoms with E-state index in [9.17, 15) is 9.59 Å². The van der Waals surface area contributed by atoms with Gasteiger partial charge in [0.05, 0.1) is 5.56 Å². The monoisotopic (exact) mass is 293 g/mol. The summed E-state index contributed by atoms with van der Waals surface area (Å²) in [5.41, 5.74) is 1.32. The molecule has 1 aromatic carbocycles. The van der Waals surface area contributed by atoms with Crippen molar-refractivity contribution >= 4 is 17.7 Å². The molecule has 0 radical (unpaired) electrons. The molecular weight excluding hydrogens is 270 g/mol. The lowest BCUT2D eigenvalue weighted by atomic mass is 10.1. The van der Waals surface area contributed by atoms with Crippen molar-refractivity contribution < 1.29 is 14.7 Å². The van der Waals surface area contributed by atoms with Gasteiger partial charge in [-0.2, -0.15) is 0 Å². The average Bonchev–Trinajstić information content (AvgIpc) is 2.45. The molecule has 2 amide bonds. The molecule has 0 saturated carbocycles. The minimum Gasteiger partial charge on any atom is -0.478 e. The number of anilines is 1. The van der Waals surface area contributed by atoms with Gasteiger partial charge >= 0.3 is 12.0 Å². The zero-order valence-corrected chi connectivity index (χ0v) is 12.8. The van der Waals surface area contributed by atoms with E-state index in [4.69, 9.17) is 5.11 Å². The second kappa shape index (κ2) is 8.26. The first-order chi connectivity index (χ1) is 9.97. The van der Waals surface area contributed by atoms with E-state index in [0.717, 1.165) is 19.6 Å². The maximum absolute atomic E-state index is 11.7. The fraction of sp³-hybridized carbons (Fsp3) is 0.467. The van der Waals surface area contributed by atoms with Crippen LogP contribution in [0.4, 0.5) is 10.5 Å². The summed E-state index contributed by atoms with van der Waals surface area (Å²) in [7, 11) is 0. The number of rotatable bonds is 7. The number of carbonyl (C=O) groups is 2. The Bertz CT molecular complexity index is 499. The number of nitrogens with one attached hydrogen (secondary N) is 2. The second-order valence-electron chi connectivity index (χ2n) is 4.74. The molecule has 0 spiro atoms. The lowest BCUT2D eigenvalue weighted by Gasteiger charge is -2.18. The van der Waals surface area contributed by atoms with Crippen LogP contribution in [0.5, 0.6) is 0 Å². The molecule has 0 fully saturated rings. The van der Waals surface area contributed by atoms with Crippen molar-refractivity contribution in [3.05, 3.63) is 29.3 Å². The van der Waals surface area contributed by atoms with Gasteiger partial charge in [-0.15, -0.1) is 0 Å². The number of nitrogens with zero attached hydrogens (tertiary/aromatic N) is 1. The fourth-order valence-corrected chi connectivity index (χ4v) is 1.97. The number of benzene rings is 1. The Morgan fingerprint density at radius 2 is 1.90 bits per heavy atom. The summed E-state index contributed by atoms with van der Waals surface area (Å²) in [5.74, 6) is -1.00. The van der Waals surface area contributed by atoms with Crippen LogP contribution in [0, 0.1) is 6.92 Å². The van der Waals surface area contributed by atoms with Crippen molar-refractivity contribution in [2.45, 2.75) is 20.8 Å².